The number of hydrogen-bond donors (Lipinski definition) is 1. The first kappa shape index (κ1) is 13.7. The lowest BCUT2D eigenvalue weighted by atomic mass is 9.81. The molecule has 18 heavy (non-hydrogen) atoms. The number of rotatable bonds is 6. The number of halogens is 2. The fourth-order valence-electron chi connectivity index (χ4n) is 2.30. The van der Waals surface area contributed by atoms with Gasteiger partial charge in [-0.1, -0.05) is 31.0 Å². The van der Waals surface area contributed by atoms with Gasteiger partial charge in [0.15, 0.2) is 0 Å². The van der Waals surface area contributed by atoms with E-state index >= 15 is 0 Å². The van der Waals surface area contributed by atoms with E-state index in [1.165, 1.54) is 25.7 Å². The monoisotopic (exact) mass is 271 g/mol. The Morgan fingerprint density at radius 3 is 2.44 bits per heavy atom. The number of nitrogens with one attached hydrogen (secondary N) is 1. The summed E-state index contributed by atoms with van der Waals surface area (Å²) in [5.74, 6) is -1.47. The predicted molar refractivity (Wildman–Crippen MR) is 73.3 cm³/mol. The van der Waals surface area contributed by atoms with Crippen molar-refractivity contribution in [1.82, 2.24) is 0 Å². The fourth-order valence-corrected chi connectivity index (χ4v) is 2.80. The first-order valence-corrected chi connectivity index (χ1v) is 7.33. The fraction of sp³-hybridized carbons (Fsp3) is 0.571. The van der Waals surface area contributed by atoms with Gasteiger partial charge < -0.3 is 5.32 Å². The molecule has 1 nitrogen and oxygen atoms in total. The minimum atomic E-state index is -2.35. The highest BCUT2D eigenvalue weighted by Gasteiger charge is 2.19. The zero-order valence-corrected chi connectivity index (χ0v) is 11.4. The molecule has 0 saturated heterocycles. The standard InChI is InChI=1S/C14H19F2NS/c1-10(9-11-3-2-4-11)17-12-5-7-13(8-6-12)18-14(15)16/h5-8,10-11,14,17H,2-4,9H2,1H3. The van der Waals surface area contributed by atoms with Crippen LogP contribution in [-0.2, 0) is 0 Å². The predicted octanol–water partition coefficient (Wildman–Crippen LogP) is 4.99. The zero-order chi connectivity index (χ0) is 13.0. The summed E-state index contributed by atoms with van der Waals surface area (Å²) in [7, 11) is 0. The van der Waals surface area contributed by atoms with Crippen LogP contribution in [0.4, 0.5) is 14.5 Å². The maximum atomic E-state index is 12.2. The highest BCUT2D eigenvalue weighted by atomic mass is 32.2. The Labute approximate surface area is 111 Å². The maximum absolute atomic E-state index is 12.2. The summed E-state index contributed by atoms with van der Waals surface area (Å²) in [5.41, 5.74) is 1.01. The Hall–Kier alpha value is -0.770. The summed E-state index contributed by atoms with van der Waals surface area (Å²) in [4.78, 5) is 0.613. The quantitative estimate of drug-likeness (QED) is 0.731. The molecule has 0 amide bonds. The highest BCUT2D eigenvalue weighted by Crippen LogP contribution is 2.31. The first-order chi connectivity index (χ1) is 8.63. The van der Waals surface area contributed by atoms with Crippen LogP contribution in [0.5, 0.6) is 0 Å². The minimum absolute atomic E-state index is 0.448. The number of benzene rings is 1. The minimum Gasteiger partial charge on any atom is -0.383 e. The number of hydrogen-bond acceptors (Lipinski definition) is 2. The van der Waals surface area contributed by atoms with Gasteiger partial charge in [0.1, 0.15) is 0 Å². The molecule has 0 aromatic heterocycles. The van der Waals surface area contributed by atoms with E-state index in [0.717, 1.165) is 11.6 Å². The van der Waals surface area contributed by atoms with E-state index in [-0.39, 0.29) is 0 Å². The summed E-state index contributed by atoms with van der Waals surface area (Å²) in [6.45, 7) is 2.18. The van der Waals surface area contributed by atoms with Crippen LogP contribution >= 0.6 is 11.8 Å². The van der Waals surface area contributed by atoms with Crippen molar-refractivity contribution in [1.29, 1.82) is 0 Å². The summed E-state index contributed by atoms with van der Waals surface area (Å²) < 4.78 is 24.3. The van der Waals surface area contributed by atoms with Crippen molar-refractivity contribution in [3.8, 4) is 0 Å². The summed E-state index contributed by atoms with van der Waals surface area (Å²) >= 11 is 0.588. The largest absolute Gasteiger partial charge is 0.383 e. The lowest BCUT2D eigenvalue weighted by molar-refractivity contribution is 0.252. The molecule has 0 aliphatic heterocycles. The summed E-state index contributed by atoms with van der Waals surface area (Å²) in [6, 6.07) is 7.69. The molecule has 1 fully saturated rings. The molecule has 4 heteroatoms. The molecule has 0 spiro atoms. The van der Waals surface area contributed by atoms with Gasteiger partial charge in [-0.2, -0.15) is 8.78 Å². The Balaban J connectivity index is 1.81. The second-order valence-corrected chi connectivity index (χ2v) is 6.04. The zero-order valence-electron chi connectivity index (χ0n) is 10.5. The van der Waals surface area contributed by atoms with Gasteiger partial charge in [-0.05, 0) is 43.5 Å². The van der Waals surface area contributed by atoms with Gasteiger partial charge in [0.25, 0.3) is 5.76 Å². The average Bonchev–Trinajstić information content (AvgIpc) is 2.26. The third-order valence-corrected chi connectivity index (χ3v) is 4.13. The van der Waals surface area contributed by atoms with Gasteiger partial charge in [0, 0.05) is 16.6 Å². The third kappa shape index (κ3) is 4.16. The Bertz CT molecular complexity index is 363. The smallest absolute Gasteiger partial charge is 0.288 e. The number of thioether (sulfide) groups is 1. The van der Waals surface area contributed by atoms with Crippen LogP contribution in [0.3, 0.4) is 0 Å². The van der Waals surface area contributed by atoms with E-state index in [0.29, 0.717) is 22.7 Å². The molecule has 100 valence electrons. The summed E-state index contributed by atoms with van der Waals surface area (Å²) in [6.07, 6.45) is 5.29. The second kappa shape index (κ2) is 6.41. The van der Waals surface area contributed by atoms with E-state index in [9.17, 15) is 8.78 Å². The molecule has 2 rings (SSSR count). The molecule has 1 aliphatic rings. The van der Waals surface area contributed by atoms with E-state index in [1.807, 2.05) is 12.1 Å². The number of anilines is 1. The van der Waals surface area contributed by atoms with E-state index < -0.39 is 5.76 Å². The van der Waals surface area contributed by atoms with Crippen LogP contribution in [0.15, 0.2) is 29.2 Å². The van der Waals surface area contributed by atoms with Gasteiger partial charge >= 0.3 is 0 Å². The Morgan fingerprint density at radius 2 is 1.94 bits per heavy atom. The van der Waals surface area contributed by atoms with Crippen molar-refractivity contribution in [2.24, 2.45) is 5.92 Å². The molecular weight excluding hydrogens is 252 g/mol. The van der Waals surface area contributed by atoms with E-state index in [1.54, 1.807) is 12.1 Å². The first-order valence-electron chi connectivity index (χ1n) is 6.45. The molecule has 1 saturated carbocycles. The molecule has 1 aromatic rings. The van der Waals surface area contributed by atoms with E-state index in [4.69, 9.17) is 0 Å². The van der Waals surface area contributed by atoms with Crippen molar-refractivity contribution in [3.05, 3.63) is 24.3 Å². The molecule has 0 heterocycles. The van der Waals surface area contributed by atoms with Gasteiger partial charge in [0.05, 0.1) is 0 Å². The molecule has 1 aliphatic carbocycles. The molecule has 0 bridgehead atoms. The van der Waals surface area contributed by atoms with Crippen LogP contribution in [0, 0.1) is 5.92 Å². The van der Waals surface area contributed by atoms with Crippen LogP contribution < -0.4 is 5.32 Å². The number of alkyl halides is 2. The van der Waals surface area contributed by atoms with E-state index in [2.05, 4.69) is 12.2 Å². The second-order valence-electron chi connectivity index (χ2n) is 4.98. The Kier molecular flexibility index (Phi) is 4.87. The van der Waals surface area contributed by atoms with Gasteiger partial charge in [-0.3, -0.25) is 0 Å². The van der Waals surface area contributed by atoms with Crippen molar-refractivity contribution in [2.75, 3.05) is 5.32 Å². The third-order valence-electron chi connectivity index (χ3n) is 3.40. The van der Waals surface area contributed by atoms with Crippen molar-refractivity contribution in [2.45, 2.75) is 49.3 Å². The van der Waals surface area contributed by atoms with Crippen molar-refractivity contribution in [3.63, 3.8) is 0 Å². The van der Waals surface area contributed by atoms with Crippen molar-refractivity contribution >= 4 is 17.4 Å². The van der Waals surface area contributed by atoms with Gasteiger partial charge in [-0.15, -0.1) is 0 Å². The van der Waals surface area contributed by atoms with Gasteiger partial charge in [-0.25, -0.2) is 0 Å². The molecule has 1 N–H and O–H groups in total. The Morgan fingerprint density at radius 1 is 1.28 bits per heavy atom. The van der Waals surface area contributed by atoms with Crippen LogP contribution in [0.25, 0.3) is 0 Å². The highest BCUT2D eigenvalue weighted by molar-refractivity contribution is 7.99. The molecule has 0 radical (unpaired) electrons. The summed E-state index contributed by atoms with van der Waals surface area (Å²) in [5, 5.41) is 3.42. The van der Waals surface area contributed by atoms with Crippen molar-refractivity contribution < 1.29 is 8.78 Å². The molecule has 1 atom stereocenters. The van der Waals surface area contributed by atoms with Crippen LogP contribution in [-0.4, -0.2) is 11.8 Å². The normalized spacial score (nSPS) is 17.6. The lowest BCUT2D eigenvalue weighted by Crippen LogP contribution is -2.23. The van der Waals surface area contributed by atoms with Crippen LogP contribution in [0.1, 0.15) is 32.6 Å². The topological polar surface area (TPSA) is 12.0 Å². The molecule has 1 aromatic carbocycles. The van der Waals surface area contributed by atoms with Gasteiger partial charge in [0.2, 0.25) is 0 Å². The average molecular weight is 271 g/mol. The molecule has 1 unspecified atom stereocenters. The lowest BCUT2D eigenvalue weighted by Gasteiger charge is -2.28. The molecular formula is C14H19F2NS. The van der Waals surface area contributed by atoms with Crippen LogP contribution in [0.2, 0.25) is 0 Å². The SMILES string of the molecule is CC(CC1CCC1)Nc1ccc(SC(F)F)cc1. The maximum Gasteiger partial charge on any atom is 0.288 e.